The average Bonchev–Trinajstić information content (AvgIpc) is 2.94. The van der Waals surface area contributed by atoms with E-state index in [4.69, 9.17) is 9.47 Å². The van der Waals surface area contributed by atoms with E-state index in [9.17, 15) is 0 Å². The molecule has 1 heterocycles. The summed E-state index contributed by atoms with van der Waals surface area (Å²) >= 11 is 3.77. The van der Waals surface area contributed by atoms with Crippen LogP contribution < -0.4 is 4.74 Å². The predicted molar refractivity (Wildman–Crippen MR) is 78.7 cm³/mol. The number of ether oxygens (including phenoxy) is 2. The molecule has 0 spiro atoms. The van der Waals surface area contributed by atoms with Crippen molar-refractivity contribution in [1.29, 1.82) is 0 Å². The molecule has 0 amide bonds. The molecule has 0 saturated carbocycles. The van der Waals surface area contributed by atoms with Gasteiger partial charge >= 0.3 is 0 Å². The lowest BCUT2D eigenvalue weighted by Gasteiger charge is -2.13. The van der Waals surface area contributed by atoms with E-state index in [1.165, 1.54) is 22.3 Å². The largest absolute Gasteiger partial charge is 0.497 e. The second kappa shape index (κ2) is 5.35. The number of fused-ring (bicyclic) bond motifs is 1. The highest BCUT2D eigenvalue weighted by atomic mass is 79.9. The molecule has 3 rings (SSSR count). The molecule has 1 aliphatic heterocycles. The molecule has 98 valence electrons. The molecule has 3 heteroatoms. The summed E-state index contributed by atoms with van der Waals surface area (Å²) in [6.07, 6.45) is 0. The summed E-state index contributed by atoms with van der Waals surface area (Å²) in [6.45, 7) is 1.46. The predicted octanol–water partition coefficient (Wildman–Crippen LogP) is 4.21. The van der Waals surface area contributed by atoms with Crippen LogP contribution in [0.2, 0.25) is 0 Å². The Bertz CT molecular complexity index is 595. The first kappa shape index (κ1) is 12.7. The van der Waals surface area contributed by atoms with Crippen LogP contribution in [0.3, 0.4) is 0 Å². The van der Waals surface area contributed by atoms with Gasteiger partial charge in [-0.05, 0) is 34.4 Å². The number of benzene rings is 2. The second-order valence-electron chi connectivity index (χ2n) is 4.66. The smallest absolute Gasteiger partial charge is 0.119 e. The van der Waals surface area contributed by atoms with Crippen LogP contribution in [-0.4, -0.2) is 7.11 Å². The van der Waals surface area contributed by atoms with E-state index >= 15 is 0 Å². The Labute approximate surface area is 121 Å². The van der Waals surface area contributed by atoms with Crippen LogP contribution in [-0.2, 0) is 18.0 Å². The number of hydrogen-bond acceptors (Lipinski definition) is 2. The number of alkyl halides is 1. The van der Waals surface area contributed by atoms with Crippen LogP contribution in [0.5, 0.6) is 5.75 Å². The first-order chi connectivity index (χ1) is 9.28. The topological polar surface area (TPSA) is 18.5 Å². The Morgan fingerprint density at radius 3 is 2.68 bits per heavy atom. The van der Waals surface area contributed by atoms with Crippen molar-refractivity contribution in [2.75, 3.05) is 7.11 Å². The van der Waals surface area contributed by atoms with Crippen molar-refractivity contribution in [2.24, 2.45) is 0 Å². The van der Waals surface area contributed by atoms with Crippen molar-refractivity contribution in [3.8, 4) is 5.75 Å². The minimum absolute atomic E-state index is 0.175. The number of hydrogen-bond donors (Lipinski definition) is 0. The molecule has 1 unspecified atom stereocenters. The summed E-state index contributed by atoms with van der Waals surface area (Å²) in [5.41, 5.74) is 5.04. The molecule has 2 aromatic rings. The maximum atomic E-state index is 5.46. The number of rotatable bonds is 3. The van der Waals surface area contributed by atoms with Gasteiger partial charge in [0.05, 0.1) is 25.2 Å². The third-order valence-electron chi connectivity index (χ3n) is 3.42. The van der Waals surface area contributed by atoms with Gasteiger partial charge in [-0.1, -0.05) is 46.3 Å². The van der Waals surface area contributed by atoms with Gasteiger partial charge in [-0.3, -0.25) is 0 Å². The molecule has 0 aliphatic carbocycles. The first-order valence-corrected chi connectivity index (χ1v) is 7.17. The van der Waals surface area contributed by atoms with E-state index in [0.29, 0.717) is 0 Å². The number of methoxy groups -OCH3 is 1. The molecular formula is C16H15BrO2. The monoisotopic (exact) mass is 318 g/mol. The minimum Gasteiger partial charge on any atom is -0.497 e. The van der Waals surface area contributed by atoms with Gasteiger partial charge in [0, 0.05) is 0 Å². The van der Waals surface area contributed by atoms with Gasteiger partial charge in [-0.25, -0.2) is 0 Å². The van der Waals surface area contributed by atoms with Crippen molar-refractivity contribution < 1.29 is 9.47 Å². The minimum atomic E-state index is 0.175. The fourth-order valence-electron chi connectivity index (χ4n) is 2.34. The summed E-state index contributed by atoms with van der Waals surface area (Å²) in [6, 6.07) is 14.7. The molecule has 1 aliphatic rings. The third-order valence-corrected chi connectivity index (χ3v) is 4.48. The molecule has 2 aromatic carbocycles. The lowest BCUT2D eigenvalue weighted by molar-refractivity contribution is 0.134. The molecule has 19 heavy (non-hydrogen) atoms. The van der Waals surface area contributed by atoms with E-state index in [2.05, 4.69) is 46.3 Å². The van der Waals surface area contributed by atoms with E-state index < -0.39 is 0 Å². The lowest BCUT2D eigenvalue weighted by atomic mass is 10.0. The normalized spacial score (nSPS) is 15.1. The molecule has 0 N–H and O–H groups in total. The van der Waals surface area contributed by atoms with Gasteiger partial charge in [0.1, 0.15) is 5.75 Å². The van der Waals surface area contributed by atoms with E-state index in [1.807, 2.05) is 12.1 Å². The summed E-state index contributed by atoms with van der Waals surface area (Å²) in [5, 5.41) is 0. The highest BCUT2D eigenvalue weighted by Gasteiger charge is 2.16. The van der Waals surface area contributed by atoms with Crippen molar-refractivity contribution in [2.45, 2.75) is 18.0 Å². The van der Waals surface area contributed by atoms with Crippen molar-refractivity contribution >= 4 is 15.9 Å². The van der Waals surface area contributed by atoms with E-state index in [0.717, 1.165) is 19.0 Å². The molecule has 0 bridgehead atoms. The maximum Gasteiger partial charge on any atom is 0.119 e. The maximum absolute atomic E-state index is 5.46. The van der Waals surface area contributed by atoms with Crippen LogP contribution in [0, 0.1) is 0 Å². The zero-order valence-corrected chi connectivity index (χ0v) is 12.3. The standard InChI is InChI=1S/C16H15BrO2/c1-18-15-4-2-3-11(8-15)16(17)12-5-6-13-9-19-10-14(13)7-12/h2-8,16H,9-10H2,1H3. The van der Waals surface area contributed by atoms with Crippen LogP contribution in [0.15, 0.2) is 42.5 Å². The van der Waals surface area contributed by atoms with Crippen LogP contribution in [0.1, 0.15) is 27.1 Å². The Kier molecular flexibility index (Phi) is 3.58. The summed E-state index contributed by atoms with van der Waals surface area (Å²) < 4.78 is 10.7. The van der Waals surface area contributed by atoms with Crippen molar-refractivity contribution in [3.63, 3.8) is 0 Å². The van der Waals surface area contributed by atoms with Crippen LogP contribution in [0.4, 0.5) is 0 Å². The van der Waals surface area contributed by atoms with Crippen molar-refractivity contribution in [3.05, 3.63) is 64.7 Å². The molecule has 0 radical (unpaired) electrons. The molecule has 2 nitrogen and oxygen atoms in total. The van der Waals surface area contributed by atoms with E-state index in [1.54, 1.807) is 7.11 Å². The fraction of sp³-hybridized carbons (Fsp3) is 0.250. The Hall–Kier alpha value is -1.32. The molecular weight excluding hydrogens is 304 g/mol. The van der Waals surface area contributed by atoms with Gasteiger partial charge < -0.3 is 9.47 Å². The fourth-order valence-corrected chi connectivity index (χ4v) is 2.91. The SMILES string of the molecule is COc1cccc(C(Br)c2ccc3c(c2)COC3)c1. The van der Waals surface area contributed by atoms with Crippen molar-refractivity contribution in [1.82, 2.24) is 0 Å². The zero-order chi connectivity index (χ0) is 13.2. The zero-order valence-electron chi connectivity index (χ0n) is 10.7. The molecule has 0 fully saturated rings. The summed E-state index contributed by atoms with van der Waals surface area (Å²) in [7, 11) is 1.69. The second-order valence-corrected chi connectivity index (χ2v) is 5.58. The van der Waals surface area contributed by atoms with Gasteiger partial charge in [0.15, 0.2) is 0 Å². The van der Waals surface area contributed by atoms with Crippen LogP contribution >= 0.6 is 15.9 Å². The van der Waals surface area contributed by atoms with E-state index in [-0.39, 0.29) is 4.83 Å². The van der Waals surface area contributed by atoms with Crippen LogP contribution in [0.25, 0.3) is 0 Å². The summed E-state index contributed by atoms with van der Waals surface area (Å²) in [4.78, 5) is 0.175. The molecule has 0 saturated heterocycles. The lowest BCUT2D eigenvalue weighted by Crippen LogP contribution is -1.95. The quantitative estimate of drug-likeness (QED) is 0.789. The average molecular weight is 319 g/mol. The van der Waals surface area contributed by atoms with Gasteiger partial charge in [-0.2, -0.15) is 0 Å². The third kappa shape index (κ3) is 2.53. The molecule has 0 aromatic heterocycles. The molecule has 1 atom stereocenters. The first-order valence-electron chi connectivity index (χ1n) is 6.25. The van der Waals surface area contributed by atoms with Gasteiger partial charge in [-0.15, -0.1) is 0 Å². The Balaban J connectivity index is 1.92. The number of halogens is 1. The highest BCUT2D eigenvalue weighted by Crippen LogP contribution is 2.34. The Morgan fingerprint density at radius 2 is 1.84 bits per heavy atom. The highest BCUT2D eigenvalue weighted by molar-refractivity contribution is 9.09. The van der Waals surface area contributed by atoms with Gasteiger partial charge in [0.2, 0.25) is 0 Å². The Morgan fingerprint density at radius 1 is 1.05 bits per heavy atom. The summed E-state index contributed by atoms with van der Waals surface area (Å²) in [5.74, 6) is 0.881. The van der Waals surface area contributed by atoms with Gasteiger partial charge in [0.25, 0.3) is 0 Å².